The van der Waals surface area contributed by atoms with Gasteiger partial charge < -0.3 is 15.7 Å². The lowest BCUT2D eigenvalue weighted by Crippen LogP contribution is -2.52. The first-order valence-corrected chi connectivity index (χ1v) is 9.30. The van der Waals surface area contributed by atoms with Crippen molar-refractivity contribution in [2.45, 2.75) is 31.8 Å². The van der Waals surface area contributed by atoms with Gasteiger partial charge in [0.15, 0.2) is 0 Å². The van der Waals surface area contributed by atoms with Crippen molar-refractivity contribution in [3.63, 3.8) is 0 Å². The van der Waals surface area contributed by atoms with Crippen LogP contribution in [0.4, 0.5) is 0 Å². The number of hydrogen-bond acceptors (Lipinski definition) is 3. The Hall–Kier alpha value is -2.57. The quantitative estimate of drug-likeness (QED) is 0.609. The number of aliphatic carboxylic acids is 1. The molecule has 6 nitrogen and oxygen atoms in total. The summed E-state index contributed by atoms with van der Waals surface area (Å²) in [6.45, 7) is 1.30. The molecule has 0 spiro atoms. The van der Waals surface area contributed by atoms with E-state index < -0.39 is 29.9 Å². The first-order valence-electron chi connectivity index (χ1n) is 8.55. The molecule has 0 saturated heterocycles. The van der Waals surface area contributed by atoms with E-state index in [1.54, 1.807) is 18.2 Å². The Morgan fingerprint density at radius 2 is 1.50 bits per heavy atom. The van der Waals surface area contributed by atoms with Crippen LogP contribution in [0.5, 0.6) is 0 Å². The van der Waals surface area contributed by atoms with E-state index in [-0.39, 0.29) is 12.8 Å². The summed E-state index contributed by atoms with van der Waals surface area (Å²) in [5.74, 6) is -2.22. The molecular formula is C20H20Cl2N2O4. The largest absolute Gasteiger partial charge is 0.480 e. The van der Waals surface area contributed by atoms with Crippen LogP contribution in [-0.4, -0.2) is 35.0 Å². The summed E-state index contributed by atoms with van der Waals surface area (Å²) in [5, 5.41) is 15.2. The van der Waals surface area contributed by atoms with Crippen LogP contribution in [-0.2, 0) is 27.2 Å². The van der Waals surface area contributed by atoms with Gasteiger partial charge in [0.2, 0.25) is 11.8 Å². The minimum atomic E-state index is -1.25. The molecule has 0 saturated carbocycles. The van der Waals surface area contributed by atoms with Crippen LogP contribution in [0, 0.1) is 0 Å². The highest BCUT2D eigenvalue weighted by Gasteiger charge is 2.27. The minimum absolute atomic E-state index is 0.0856. The number of hydrogen-bond donors (Lipinski definition) is 3. The van der Waals surface area contributed by atoms with E-state index in [4.69, 9.17) is 23.2 Å². The molecule has 0 heterocycles. The van der Waals surface area contributed by atoms with E-state index >= 15 is 0 Å². The van der Waals surface area contributed by atoms with Crippen molar-refractivity contribution >= 4 is 41.0 Å². The molecule has 0 aliphatic rings. The standard InChI is InChI=1S/C20H20Cl2N2O4/c1-12(25)23-17(10-13-6-3-2-4-7-13)19(26)24-18(20(27)28)11-14-15(21)8-5-9-16(14)22/h2-9,17-18H,10-11H2,1H3,(H,23,25)(H,24,26)(H,27,28)/t17-,18-/m0/s1. The van der Waals surface area contributed by atoms with E-state index in [0.29, 0.717) is 15.6 Å². The molecule has 2 atom stereocenters. The Kier molecular flexibility index (Phi) is 7.84. The molecule has 2 amide bonds. The van der Waals surface area contributed by atoms with Gasteiger partial charge in [-0.2, -0.15) is 0 Å². The van der Waals surface area contributed by atoms with Gasteiger partial charge >= 0.3 is 5.97 Å². The zero-order valence-corrected chi connectivity index (χ0v) is 16.6. The van der Waals surface area contributed by atoms with Crippen LogP contribution in [0.2, 0.25) is 10.0 Å². The van der Waals surface area contributed by atoms with Crippen molar-refractivity contribution in [3.8, 4) is 0 Å². The second-order valence-electron chi connectivity index (χ2n) is 6.25. The Morgan fingerprint density at radius 1 is 0.893 bits per heavy atom. The maximum absolute atomic E-state index is 12.7. The topological polar surface area (TPSA) is 95.5 Å². The van der Waals surface area contributed by atoms with Crippen molar-refractivity contribution in [2.24, 2.45) is 0 Å². The van der Waals surface area contributed by atoms with Crippen molar-refractivity contribution in [3.05, 3.63) is 69.7 Å². The summed E-state index contributed by atoms with van der Waals surface area (Å²) < 4.78 is 0. The minimum Gasteiger partial charge on any atom is -0.480 e. The third kappa shape index (κ3) is 6.25. The summed E-state index contributed by atoms with van der Waals surface area (Å²) in [6.07, 6.45) is 0.142. The number of carboxylic acids is 1. The van der Waals surface area contributed by atoms with Gasteiger partial charge in [0.05, 0.1) is 0 Å². The first kappa shape index (κ1) is 21.7. The third-order valence-corrected chi connectivity index (χ3v) is 4.77. The first-order chi connectivity index (χ1) is 13.3. The number of amides is 2. The molecule has 3 N–H and O–H groups in total. The summed E-state index contributed by atoms with van der Waals surface area (Å²) in [7, 11) is 0. The summed E-state index contributed by atoms with van der Waals surface area (Å²) in [6, 6.07) is 11.8. The summed E-state index contributed by atoms with van der Waals surface area (Å²) in [4.78, 5) is 35.9. The van der Waals surface area contributed by atoms with E-state index in [2.05, 4.69) is 10.6 Å². The van der Waals surface area contributed by atoms with Crippen molar-refractivity contribution in [1.82, 2.24) is 10.6 Å². The fourth-order valence-corrected chi connectivity index (χ4v) is 3.26. The molecule has 2 rings (SSSR count). The normalized spacial score (nSPS) is 12.7. The number of nitrogens with one attached hydrogen (secondary N) is 2. The van der Waals surface area contributed by atoms with Crippen LogP contribution in [0.3, 0.4) is 0 Å². The van der Waals surface area contributed by atoms with Crippen LogP contribution >= 0.6 is 23.2 Å². The monoisotopic (exact) mass is 422 g/mol. The van der Waals surface area contributed by atoms with Gasteiger partial charge in [0.25, 0.3) is 0 Å². The molecule has 28 heavy (non-hydrogen) atoms. The van der Waals surface area contributed by atoms with Gasteiger partial charge in [-0.3, -0.25) is 9.59 Å². The molecular weight excluding hydrogens is 403 g/mol. The number of carbonyl (C=O) groups excluding carboxylic acids is 2. The lowest BCUT2D eigenvalue weighted by Gasteiger charge is -2.22. The highest BCUT2D eigenvalue weighted by atomic mass is 35.5. The Morgan fingerprint density at radius 3 is 2.04 bits per heavy atom. The average Bonchev–Trinajstić information content (AvgIpc) is 2.63. The van der Waals surface area contributed by atoms with Gasteiger partial charge in [0.1, 0.15) is 12.1 Å². The predicted octanol–water partition coefficient (Wildman–Crippen LogP) is 2.85. The zero-order valence-electron chi connectivity index (χ0n) is 15.1. The maximum atomic E-state index is 12.7. The molecule has 148 valence electrons. The lowest BCUT2D eigenvalue weighted by molar-refractivity contribution is -0.142. The van der Waals surface area contributed by atoms with Crippen LogP contribution in [0.1, 0.15) is 18.1 Å². The second-order valence-corrected chi connectivity index (χ2v) is 7.06. The van der Waals surface area contributed by atoms with Gasteiger partial charge in [-0.05, 0) is 23.3 Å². The van der Waals surface area contributed by atoms with E-state index in [0.717, 1.165) is 5.56 Å². The Balaban J connectivity index is 2.17. The molecule has 0 aliphatic carbocycles. The van der Waals surface area contributed by atoms with Crippen molar-refractivity contribution in [1.29, 1.82) is 0 Å². The Labute approximate surface area is 172 Å². The summed E-state index contributed by atoms with van der Waals surface area (Å²) >= 11 is 12.2. The van der Waals surface area contributed by atoms with Crippen LogP contribution in [0.15, 0.2) is 48.5 Å². The van der Waals surface area contributed by atoms with Gasteiger partial charge in [0, 0.05) is 29.8 Å². The van der Waals surface area contributed by atoms with Gasteiger partial charge in [-0.15, -0.1) is 0 Å². The van der Waals surface area contributed by atoms with Gasteiger partial charge in [-0.25, -0.2) is 4.79 Å². The molecule has 0 aromatic heterocycles. The van der Waals surface area contributed by atoms with E-state index in [1.165, 1.54) is 6.92 Å². The molecule has 2 aromatic rings. The van der Waals surface area contributed by atoms with Crippen LogP contribution in [0.25, 0.3) is 0 Å². The zero-order chi connectivity index (χ0) is 20.7. The molecule has 0 unspecified atom stereocenters. The second kappa shape index (κ2) is 10.1. The van der Waals surface area contributed by atoms with Crippen LogP contribution < -0.4 is 10.6 Å². The highest BCUT2D eigenvalue weighted by Crippen LogP contribution is 2.25. The molecule has 0 aliphatic heterocycles. The fourth-order valence-electron chi connectivity index (χ4n) is 2.71. The molecule has 2 aromatic carbocycles. The average molecular weight is 423 g/mol. The predicted molar refractivity (Wildman–Crippen MR) is 107 cm³/mol. The van der Waals surface area contributed by atoms with E-state index in [9.17, 15) is 19.5 Å². The lowest BCUT2D eigenvalue weighted by atomic mass is 10.0. The molecule has 0 radical (unpaired) electrons. The fraction of sp³-hybridized carbons (Fsp3) is 0.250. The molecule has 0 bridgehead atoms. The third-order valence-electron chi connectivity index (χ3n) is 4.06. The van der Waals surface area contributed by atoms with E-state index in [1.807, 2.05) is 30.3 Å². The number of carboxylic acid groups (broad SMARTS) is 1. The highest BCUT2D eigenvalue weighted by molar-refractivity contribution is 6.36. The number of rotatable bonds is 8. The number of carbonyl (C=O) groups is 3. The van der Waals surface area contributed by atoms with Gasteiger partial charge in [-0.1, -0.05) is 59.6 Å². The number of benzene rings is 2. The molecule has 8 heteroatoms. The Bertz CT molecular complexity index is 838. The summed E-state index contributed by atoms with van der Waals surface area (Å²) in [5.41, 5.74) is 1.26. The van der Waals surface area contributed by atoms with Crippen molar-refractivity contribution in [2.75, 3.05) is 0 Å². The maximum Gasteiger partial charge on any atom is 0.326 e. The number of halogens is 2. The SMILES string of the molecule is CC(=O)N[C@@H](Cc1ccccc1)C(=O)N[C@@H](Cc1c(Cl)cccc1Cl)C(=O)O. The smallest absolute Gasteiger partial charge is 0.326 e. The van der Waals surface area contributed by atoms with Crippen molar-refractivity contribution < 1.29 is 19.5 Å². The molecule has 0 fully saturated rings.